The van der Waals surface area contributed by atoms with Gasteiger partial charge in [-0.25, -0.2) is 9.97 Å². The molecule has 2 aromatic heterocycles. The first-order chi connectivity index (χ1) is 11.7. The van der Waals surface area contributed by atoms with Crippen LogP contribution in [-0.2, 0) is 17.8 Å². The summed E-state index contributed by atoms with van der Waals surface area (Å²) in [6.45, 7) is 0.468. The maximum absolute atomic E-state index is 12.4. The summed E-state index contributed by atoms with van der Waals surface area (Å²) in [6, 6.07) is 11.6. The number of amides is 1. The molecule has 0 unspecified atom stereocenters. The molecule has 6 nitrogen and oxygen atoms in total. The number of H-pyrrole nitrogens is 1. The smallest absolute Gasteiger partial charge is 0.223 e. The van der Waals surface area contributed by atoms with Crippen LogP contribution in [0, 0.1) is 0 Å². The van der Waals surface area contributed by atoms with Crippen LogP contribution >= 0.6 is 0 Å². The molecule has 0 radical (unpaired) electrons. The molecule has 2 heterocycles. The monoisotopic (exact) mass is 324 g/mol. The summed E-state index contributed by atoms with van der Waals surface area (Å²) in [7, 11) is 3.36. The van der Waals surface area contributed by atoms with Crippen LogP contribution in [0.3, 0.4) is 0 Å². The lowest BCUT2D eigenvalue weighted by Crippen LogP contribution is -2.26. The molecule has 1 N–H and O–H groups in total. The third kappa shape index (κ3) is 3.53. The molecule has 0 spiro atoms. The fourth-order valence-corrected chi connectivity index (χ4v) is 2.61. The molecule has 124 valence electrons. The predicted molar refractivity (Wildman–Crippen MR) is 91.7 cm³/mol. The number of hydrogen-bond acceptors (Lipinski definition) is 4. The Morgan fingerprint density at radius 1 is 1.25 bits per heavy atom. The molecule has 24 heavy (non-hydrogen) atoms. The second-order valence-electron chi connectivity index (χ2n) is 5.62. The first kappa shape index (κ1) is 16.0. The Morgan fingerprint density at radius 2 is 2.08 bits per heavy atom. The lowest BCUT2D eigenvalue weighted by molar-refractivity contribution is -0.130. The highest BCUT2D eigenvalue weighted by Crippen LogP contribution is 2.16. The highest BCUT2D eigenvalue weighted by molar-refractivity contribution is 5.77. The highest BCUT2D eigenvalue weighted by atomic mass is 16.5. The number of para-hydroxylation sites is 2. The normalized spacial score (nSPS) is 10.8. The van der Waals surface area contributed by atoms with Crippen LogP contribution in [-0.4, -0.2) is 39.9 Å². The minimum atomic E-state index is 0.0568. The number of methoxy groups -OCH3 is 1. The number of benzene rings is 1. The minimum absolute atomic E-state index is 0.0568. The summed E-state index contributed by atoms with van der Waals surface area (Å²) in [5.74, 6) is 1.44. The van der Waals surface area contributed by atoms with E-state index in [1.54, 1.807) is 25.3 Å². The van der Waals surface area contributed by atoms with Gasteiger partial charge in [0.1, 0.15) is 5.82 Å². The zero-order valence-corrected chi connectivity index (χ0v) is 13.8. The van der Waals surface area contributed by atoms with Crippen LogP contribution in [0.25, 0.3) is 11.0 Å². The molecule has 0 saturated heterocycles. The molecule has 3 aromatic rings. The predicted octanol–water partition coefficient (Wildman–Crippen LogP) is 2.56. The first-order valence-electron chi connectivity index (χ1n) is 7.83. The van der Waals surface area contributed by atoms with E-state index in [4.69, 9.17) is 4.74 Å². The summed E-state index contributed by atoms with van der Waals surface area (Å²) in [6.07, 6.45) is 2.66. The van der Waals surface area contributed by atoms with E-state index in [0.717, 1.165) is 22.4 Å². The number of carbonyl (C=O) groups is 1. The fourth-order valence-electron chi connectivity index (χ4n) is 2.61. The van der Waals surface area contributed by atoms with E-state index in [1.807, 2.05) is 36.4 Å². The summed E-state index contributed by atoms with van der Waals surface area (Å²) >= 11 is 0. The average molecular weight is 324 g/mol. The molecule has 6 heteroatoms. The van der Waals surface area contributed by atoms with Gasteiger partial charge in [-0.3, -0.25) is 4.79 Å². The molecule has 0 aliphatic carbocycles. The number of nitrogens with zero attached hydrogens (tertiary/aromatic N) is 3. The third-order valence-electron chi connectivity index (χ3n) is 3.89. The summed E-state index contributed by atoms with van der Waals surface area (Å²) in [5, 5.41) is 0. The van der Waals surface area contributed by atoms with E-state index in [1.165, 1.54) is 0 Å². The van der Waals surface area contributed by atoms with Crippen molar-refractivity contribution in [2.45, 2.75) is 19.4 Å². The molecule has 3 rings (SSSR count). The Kier molecular flexibility index (Phi) is 4.74. The number of nitrogens with one attached hydrogen (secondary N) is 1. The largest absolute Gasteiger partial charge is 0.481 e. The average Bonchev–Trinajstić information content (AvgIpc) is 3.03. The van der Waals surface area contributed by atoms with Crippen LogP contribution in [0.4, 0.5) is 0 Å². The van der Waals surface area contributed by atoms with Crippen molar-refractivity contribution in [3.05, 3.63) is 54.0 Å². The van der Waals surface area contributed by atoms with Gasteiger partial charge in [-0.05, 0) is 18.2 Å². The molecule has 0 saturated carbocycles. The van der Waals surface area contributed by atoms with Gasteiger partial charge in [0.2, 0.25) is 11.8 Å². The number of aryl methyl sites for hydroxylation is 1. The number of rotatable bonds is 6. The molecular weight excluding hydrogens is 304 g/mol. The number of aromatic amines is 1. The zero-order valence-electron chi connectivity index (χ0n) is 13.8. The molecule has 0 bridgehead atoms. The van der Waals surface area contributed by atoms with Gasteiger partial charge in [0.15, 0.2) is 0 Å². The zero-order chi connectivity index (χ0) is 16.9. The highest BCUT2D eigenvalue weighted by Gasteiger charge is 2.13. The van der Waals surface area contributed by atoms with E-state index in [0.29, 0.717) is 25.3 Å². The van der Waals surface area contributed by atoms with Crippen molar-refractivity contribution in [2.24, 2.45) is 0 Å². The molecule has 0 fully saturated rings. The minimum Gasteiger partial charge on any atom is -0.481 e. The van der Waals surface area contributed by atoms with Crippen molar-refractivity contribution in [1.82, 2.24) is 19.9 Å². The summed E-state index contributed by atoms with van der Waals surface area (Å²) in [4.78, 5) is 25.9. The van der Waals surface area contributed by atoms with Crippen LogP contribution in [0.2, 0.25) is 0 Å². The molecular formula is C18H20N4O2. The first-order valence-corrected chi connectivity index (χ1v) is 7.83. The second kappa shape index (κ2) is 7.12. The summed E-state index contributed by atoms with van der Waals surface area (Å²) in [5.41, 5.74) is 2.81. The second-order valence-corrected chi connectivity index (χ2v) is 5.62. The molecule has 0 aliphatic heterocycles. The Hall–Kier alpha value is -2.89. The third-order valence-corrected chi connectivity index (χ3v) is 3.89. The van der Waals surface area contributed by atoms with Gasteiger partial charge in [-0.1, -0.05) is 18.2 Å². The van der Waals surface area contributed by atoms with Gasteiger partial charge < -0.3 is 14.6 Å². The van der Waals surface area contributed by atoms with Crippen molar-refractivity contribution in [1.29, 1.82) is 0 Å². The topological polar surface area (TPSA) is 71.1 Å². The number of aromatic nitrogens is 3. The lowest BCUT2D eigenvalue weighted by atomic mass is 10.2. The van der Waals surface area contributed by atoms with Crippen LogP contribution in [0.1, 0.15) is 17.8 Å². The molecule has 0 aliphatic rings. The fraction of sp³-hybridized carbons (Fsp3) is 0.278. The van der Waals surface area contributed by atoms with Crippen molar-refractivity contribution < 1.29 is 9.53 Å². The standard InChI is InChI=1S/C18H20N4O2/c1-22(12-13-6-5-11-19-18(13)24-2)17(23)10-9-16-20-14-7-3-4-8-15(14)21-16/h3-8,11H,9-10,12H2,1-2H3,(H,20,21). The Bertz CT molecular complexity index is 811. The van der Waals surface area contributed by atoms with Crippen molar-refractivity contribution in [3.63, 3.8) is 0 Å². The molecule has 1 aromatic carbocycles. The van der Waals surface area contributed by atoms with Gasteiger partial charge in [0.05, 0.1) is 24.7 Å². The Balaban J connectivity index is 1.59. The Labute approximate surface area is 140 Å². The van der Waals surface area contributed by atoms with E-state index in [9.17, 15) is 4.79 Å². The van der Waals surface area contributed by atoms with Gasteiger partial charge in [0, 0.05) is 31.6 Å². The van der Waals surface area contributed by atoms with E-state index < -0.39 is 0 Å². The SMILES string of the molecule is COc1ncccc1CN(C)C(=O)CCc1nc2ccccc2[nH]1. The maximum Gasteiger partial charge on any atom is 0.223 e. The van der Waals surface area contributed by atoms with Crippen LogP contribution in [0.5, 0.6) is 5.88 Å². The number of pyridine rings is 1. The number of carbonyl (C=O) groups excluding carboxylic acids is 1. The quantitative estimate of drug-likeness (QED) is 0.756. The van der Waals surface area contributed by atoms with Crippen molar-refractivity contribution in [2.75, 3.05) is 14.2 Å². The van der Waals surface area contributed by atoms with Crippen molar-refractivity contribution >= 4 is 16.9 Å². The molecule has 0 atom stereocenters. The van der Waals surface area contributed by atoms with Crippen molar-refractivity contribution in [3.8, 4) is 5.88 Å². The van der Waals surface area contributed by atoms with Gasteiger partial charge in [0.25, 0.3) is 0 Å². The van der Waals surface area contributed by atoms with Crippen LogP contribution < -0.4 is 4.74 Å². The van der Waals surface area contributed by atoms with Gasteiger partial charge in [-0.15, -0.1) is 0 Å². The van der Waals surface area contributed by atoms with E-state index in [2.05, 4.69) is 15.0 Å². The summed E-state index contributed by atoms with van der Waals surface area (Å²) < 4.78 is 5.22. The Morgan fingerprint density at radius 3 is 2.88 bits per heavy atom. The van der Waals surface area contributed by atoms with E-state index in [-0.39, 0.29) is 5.91 Å². The number of ether oxygens (including phenoxy) is 1. The number of hydrogen-bond donors (Lipinski definition) is 1. The molecule has 1 amide bonds. The lowest BCUT2D eigenvalue weighted by Gasteiger charge is -2.18. The van der Waals surface area contributed by atoms with E-state index >= 15 is 0 Å². The maximum atomic E-state index is 12.4. The van der Waals surface area contributed by atoms with Gasteiger partial charge >= 0.3 is 0 Å². The number of imidazole rings is 1. The number of fused-ring (bicyclic) bond motifs is 1. The van der Waals surface area contributed by atoms with Crippen LogP contribution in [0.15, 0.2) is 42.6 Å². The van der Waals surface area contributed by atoms with Gasteiger partial charge in [-0.2, -0.15) is 0 Å².